The Morgan fingerprint density at radius 2 is 1.56 bits per heavy atom. The lowest BCUT2D eigenvalue weighted by atomic mass is 10.1. The molecule has 1 aromatic carbocycles. The first kappa shape index (κ1) is 8.97. The topological polar surface area (TPSA) is 38.7 Å². The number of pyridine rings is 1. The van der Waals surface area contributed by atoms with Crippen molar-refractivity contribution >= 4 is 10.9 Å². The van der Waals surface area contributed by atoms with Crippen LogP contribution in [0.2, 0.25) is 0 Å². The van der Waals surface area contributed by atoms with E-state index >= 15 is 0 Å². The van der Waals surface area contributed by atoms with Crippen LogP contribution in [0.3, 0.4) is 0 Å². The highest BCUT2D eigenvalue weighted by Gasteiger charge is 1.99. The van der Waals surface area contributed by atoms with Gasteiger partial charge in [-0.3, -0.25) is 4.98 Å². The Morgan fingerprint density at radius 1 is 0.750 bits per heavy atom. The third kappa shape index (κ3) is 1.52. The molecule has 2 heterocycles. The molecule has 0 aliphatic heterocycles. The van der Waals surface area contributed by atoms with Crippen molar-refractivity contribution in [2.45, 2.75) is 0 Å². The molecule has 16 heavy (non-hydrogen) atoms. The van der Waals surface area contributed by atoms with E-state index in [2.05, 4.69) is 33.4 Å². The highest BCUT2D eigenvalue weighted by molar-refractivity contribution is 5.81. The van der Waals surface area contributed by atoms with Crippen LogP contribution in [0.1, 0.15) is 0 Å². The average Bonchev–Trinajstić information content (AvgIpc) is 2.39. The van der Waals surface area contributed by atoms with Crippen LogP contribution in [0, 0.1) is 0 Å². The van der Waals surface area contributed by atoms with Gasteiger partial charge in [-0.1, -0.05) is 30.3 Å². The van der Waals surface area contributed by atoms with Crippen LogP contribution >= 0.6 is 0 Å². The number of hydrogen-bond acceptors (Lipinski definition) is 3. The number of benzene rings is 1. The van der Waals surface area contributed by atoms with E-state index in [9.17, 15) is 0 Å². The van der Waals surface area contributed by atoms with Gasteiger partial charge in [0.05, 0.1) is 17.9 Å². The summed E-state index contributed by atoms with van der Waals surface area (Å²) >= 11 is 0. The zero-order valence-electron chi connectivity index (χ0n) is 8.54. The molecular weight excluding hydrogens is 198 g/mol. The minimum Gasteiger partial charge on any atom is -0.254 e. The summed E-state index contributed by atoms with van der Waals surface area (Å²) < 4.78 is 0. The van der Waals surface area contributed by atoms with Gasteiger partial charge in [0.1, 0.15) is 0 Å². The Hall–Kier alpha value is -2.29. The Bertz CT molecular complexity index is 620. The number of fused-ring (bicyclic) bond motifs is 1. The van der Waals surface area contributed by atoms with Crippen molar-refractivity contribution in [3.05, 3.63) is 55.0 Å². The summed E-state index contributed by atoms with van der Waals surface area (Å²) in [6, 6.07) is 12.2. The second kappa shape index (κ2) is 3.70. The van der Waals surface area contributed by atoms with Crippen LogP contribution in [0.5, 0.6) is 0 Å². The number of rotatable bonds is 1. The van der Waals surface area contributed by atoms with Gasteiger partial charge in [-0.25, -0.2) is 0 Å². The van der Waals surface area contributed by atoms with Gasteiger partial charge >= 0.3 is 0 Å². The molecule has 0 amide bonds. The summed E-state index contributed by atoms with van der Waals surface area (Å²) in [5, 5.41) is 8.67. The average molecular weight is 207 g/mol. The maximum absolute atomic E-state index is 4.36. The van der Waals surface area contributed by atoms with Crippen LogP contribution in [0.4, 0.5) is 0 Å². The molecule has 0 radical (unpaired) electrons. The monoisotopic (exact) mass is 207 g/mol. The first-order valence-corrected chi connectivity index (χ1v) is 5.05. The highest BCUT2D eigenvalue weighted by atomic mass is 15.1. The standard InChI is InChI=1S/C13H9N3/c1-2-4-10(5-3-1)11-6-12-8-15-16-9-13(12)14-7-11/h1-9H. The van der Waals surface area contributed by atoms with Gasteiger partial charge in [0, 0.05) is 17.1 Å². The molecular formula is C13H9N3. The summed E-state index contributed by atoms with van der Waals surface area (Å²) in [6.07, 6.45) is 5.26. The van der Waals surface area contributed by atoms with E-state index in [0.29, 0.717) is 0 Å². The fourth-order valence-corrected chi connectivity index (χ4v) is 1.68. The molecule has 3 aromatic rings. The number of aromatic nitrogens is 3. The van der Waals surface area contributed by atoms with Gasteiger partial charge in [0.15, 0.2) is 0 Å². The summed E-state index contributed by atoms with van der Waals surface area (Å²) in [6.45, 7) is 0. The summed E-state index contributed by atoms with van der Waals surface area (Å²) in [5.41, 5.74) is 3.13. The van der Waals surface area contributed by atoms with Crippen molar-refractivity contribution in [3.8, 4) is 11.1 Å². The first-order valence-electron chi connectivity index (χ1n) is 5.05. The van der Waals surface area contributed by atoms with Crippen molar-refractivity contribution in [2.75, 3.05) is 0 Å². The molecule has 76 valence electrons. The van der Waals surface area contributed by atoms with Crippen LogP contribution in [0.15, 0.2) is 55.0 Å². The van der Waals surface area contributed by atoms with E-state index in [0.717, 1.165) is 22.0 Å². The smallest absolute Gasteiger partial charge is 0.0919 e. The molecule has 3 heteroatoms. The second-order valence-electron chi connectivity index (χ2n) is 3.55. The summed E-state index contributed by atoms with van der Waals surface area (Å²) in [7, 11) is 0. The fraction of sp³-hybridized carbons (Fsp3) is 0. The first-order chi connectivity index (χ1) is 7.93. The fourth-order valence-electron chi connectivity index (χ4n) is 1.68. The van der Waals surface area contributed by atoms with Crippen molar-refractivity contribution in [2.24, 2.45) is 0 Å². The minimum atomic E-state index is 0.870. The Balaban J connectivity index is 2.19. The van der Waals surface area contributed by atoms with E-state index in [1.54, 1.807) is 12.4 Å². The zero-order chi connectivity index (χ0) is 10.8. The molecule has 0 saturated heterocycles. The molecule has 0 atom stereocenters. The van der Waals surface area contributed by atoms with Crippen molar-refractivity contribution < 1.29 is 0 Å². The molecule has 0 aliphatic carbocycles. The maximum Gasteiger partial charge on any atom is 0.0919 e. The predicted molar refractivity (Wildman–Crippen MR) is 62.8 cm³/mol. The molecule has 0 saturated carbocycles. The van der Waals surface area contributed by atoms with Crippen LogP contribution < -0.4 is 0 Å². The summed E-state index contributed by atoms with van der Waals surface area (Å²) in [4.78, 5) is 4.36. The quantitative estimate of drug-likeness (QED) is 0.615. The van der Waals surface area contributed by atoms with E-state index in [1.165, 1.54) is 0 Å². The maximum atomic E-state index is 4.36. The second-order valence-corrected chi connectivity index (χ2v) is 3.55. The predicted octanol–water partition coefficient (Wildman–Crippen LogP) is 2.69. The van der Waals surface area contributed by atoms with Gasteiger partial charge in [-0.15, -0.1) is 0 Å². The van der Waals surface area contributed by atoms with Gasteiger partial charge in [0.2, 0.25) is 0 Å². The molecule has 3 nitrogen and oxygen atoms in total. The normalized spacial score (nSPS) is 10.5. The van der Waals surface area contributed by atoms with Crippen molar-refractivity contribution in [1.29, 1.82) is 0 Å². The lowest BCUT2D eigenvalue weighted by molar-refractivity contribution is 1.04. The lowest BCUT2D eigenvalue weighted by Gasteiger charge is -2.01. The van der Waals surface area contributed by atoms with Gasteiger partial charge < -0.3 is 0 Å². The van der Waals surface area contributed by atoms with Crippen LogP contribution in [-0.4, -0.2) is 15.2 Å². The molecule has 0 fully saturated rings. The largest absolute Gasteiger partial charge is 0.254 e. The lowest BCUT2D eigenvalue weighted by Crippen LogP contribution is -1.85. The molecule has 2 aromatic heterocycles. The SMILES string of the molecule is c1ccc(-c2cnc3cnncc3c2)cc1. The Morgan fingerprint density at radius 3 is 2.44 bits per heavy atom. The van der Waals surface area contributed by atoms with E-state index in [4.69, 9.17) is 0 Å². The molecule has 0 N–H and O–H groups in total. The Kier molecular flexibility index (Phi) is 2.07. The van der Waals surface area contributed by atoms with Crippen LogP contribution in [-0.2, 0) is 0 Å². The minimum absolute atomic E-state index is 0.870. The molecule has 0 spiro atoms. The van der Waals surface area contributed by atoms with Gasteiger partial charge in [-0.2, -0.15) is 10.2 Å². The highest BCUT2D eigenvalue weighted by Crippen LogP contribution is 2.21. The molecule has 0 aliphatic rings. The van der Waals surface area contributed by atoms with E-state index in [-0.39, 0.29) is 0 Å². The molecule has 0 bridgehead atoms. The zero-order valence-corrected chi connectivity index (χ0v) is 8.54. The Labute approximate surface area is 92.8 Å². The molecule has 3 rings (SSSR count). The van der Waals surface area contributed by atoms with E-state index < -0.39 is 0 Å². The third-order valence-electron chi connectivity index (χ3n) is 2.50. The van der Waals surface area contributed by atoms with Crippen molar-refractivity contribution in [1.82, 2.24) is 15.2 Å². The van der Waals surface area contributed by atoms with E-state index in [1.807, 2.05) is 24.4 Å². The van der Waals surface area contributed by atoms with Gasteiger partial charge in [-0.05, 0) is 11.6 Å². The summed E-state index contributed by atoms with van der Waals surface area (Å²) in [5.74, 6) is 0. The number of nitrogens with zero attached hydrogens (tertiary/aromatic N) is 3. The third-order valence-corrected chi connectivity index (χ3v) is 2.50. The van der Waals surface area contributed by atoms with Crippen molar-refractivity contribution in [3.63, 3.8) is 0 Å². The number of hydrogen-bond donors (Lipinski definition) is 0. The molecule has 0 unspecified atom stereocenters. The van der Waals surface area contributed by atoms with Crippen LogP contribution in [0.25, 0.3) is 22.0 Å². The van der Waals surface area contributed by atoms with Gasteiger partial charge in [0.25, 0.3) is 0 Å².